The number of halogens is 5. The summed E-state index contributed by atoms with van der Waals surface area (Å²) in [5.74, 6) is 0. The van der Waals surface area contributed by atoms with E-state index in [1.54, 1.807) is 12.1 Å². The largest absolute Gasteiger partial charge is 0.411 e. The minimum atomic E-state index is -4.26. The topological polar surface area (TPSA) is 9.23 Å². The third-order valence-corrected chi connectivity index (χ3v) is 3.25. The van der Waals surface area contributed by atoms with Gasteiger partial charge in [0.2, 0.25) is 0 Å². The van der Waals surface area contributed by atoms with Crippen molar-refractivity contribution in [2.45, 2.75) is 17.4 Å². The first-order valence-electron chi connectivity index (χ1n) is 4.92. The highest BCUT2D eigenvalue weighted by Crippen LogP contribution is 2.27. The van der Waals surface area contributed by atoms with Crippen LogP contribution in [-0.2, 0) is 4.74 Å². The van der Waals surface area contributed by atoms with Crippen LogP contribution in [0.15, 0.2) is 24.3 Å². The molecular weight excluding hydrogens is 320 g/mol. The van der Waals surface area contributed by atoms with Crippen LogP contribution in [0.2, 0.25) is 5.02 Å². The average Bonchev–Trinajstić information content (AvgIpc) is 2.24. The third-order valence-electron chi connectivity index (χ3n) is 2.01. The number of ether oxygens (including phenoxy) is 1. The first kappa shape index (κ1) is 14.8. The summed E-state index contributed by atoms with van der Waals surface area (Å²) in [5.41, 5.74) is 0.963. The molecule has 1 atom stereocenters. The third kappa shape index (κ3) is 6.29. The van der Waals surface area contributed by atoms with Crippen LogP contribution in [0.3, 0.4) is 0 Å². The molecule has 0 heterocycles. The SMILES string of the molecule is FC(F)(F)COCCC(Br)c1ccc(Cl)cc1. The van der Waals surface area contributed by atoms with Crippen molar-refractivity contribution >= 4 is 27.5 Å². The minimum absolute atomic E-state index is 0.0343. The first-order chi connectivity index (χ1) is 7.88. The fraction of sp³-hybridized carbons (Fsp3) is 0.455. The Balaban J connectivity index is 2.30. The fourth-order valence-corrected chi connectivity index (χ4v) is 1.83. The highest BCUT2D eigenvalue weighted by molar-refractivity contribution is 9.09. The van der Waals surface area contributed by atoms with Crippen LogP contribution < -0.4 is 0 Å². The van der Waals surface area contributed by atoms with Crippen molar-refractivity contribution in [3.05, 3.63) is 34.9 Å². The van der Waals surface area contributed by atoms with Gasteiger partial charge in [-0.25, -0.2) is 0 Å². The van der Waals surface area contributed by atoms with E-state index in [4.69, 9.17) is 11.6 Å². The monoisotopic (exact) mass is 330 g/mol. The van der Waals surface area contributed by atoms with E-state index in [-0.39, 0.29) is 11.4 Å². The molecule has 0 saturated carbocycles. The molecule has 0 spiro atoms. The summed E-state index contributed by atoms with van der Waals surface area (Å²) in [4.78, 5) is -0.0343. The molecule has 96 valence electrons. The lowest BCUT2D eigenvalue weighted by atomic mass is 10.1. The lowest BCUT2D eigenvalue weighted by molar-refractivity contribution is -0.174. The van der Waals surface area contributed by atoms with Gasteiger partial charge in [-0.15, -0.1) is 0 Å². The van der Waals surface area contributed by atoms with Gasteiger partial charge in [-0.1, -0.05) is 39.7 Å². The maximum atomic E-state index is 11.8. The van der Waals surface area contributed by atoms with Crippen molar-refractivity contribution < 1.29 is 17.9 Å². The van der Waals surface area contributed by atoms with E-state index >= 15 is 0 Å². The molecule has 0 N–H and O–H groups in total. The molecule has 0 radical (unpaired) electrons. The highest BCUT2D eigenvalue weighted by atomic mass is 79.9. The second-order valence-electron chi connectivity index (χ2n) is 3.48. The van der Waals surface area contributed by atoms with E-state index in [2.05, 4.69) is 20.7 Å². The Morgan fingerprint density at radius 3 is 2.35 bits per heavy atom. The molecule has 0 fully saturated rings. The molecule has 1 unspecified atom stereocenters. The van der Waals surface area contributed by atoms with Gasteiger partial charge in [0.1, 0.15) is 6.61 Å². The molecule has 1 aromatic rings. The molecular formula is C11H11BrClF3O. The van der Waals surface area contributed by atoms with Crippen LogP contribution in [-0.4, -0.2) is 19.4 Å². The minimum Gasteiger partial charge on any atom is -0.372 e. The highest BCUT2D eigenvalue weighted by Gasteiger charge is 2.27. The number of benzene rings is 1. The molecule has 0 aliphatic carbocycles. The van der Waals surface area contributed by atoms with Crippen molar-refractivity contribution in [2.24, 2.45) is 0 Å². The van der Waals surface area contributed by atoms with Gasteiger partial charge in [-0.2, -0.15) is 13.2 Å². The number of hydrogen-bond donors (Lipinski definition) is 0. The Kier molecular flexibility index (Phi) is 5.76. The molecule has 0 amide bonds. The second-order valence-corrected chi connectivity index (χ2v) is 5.02. The zero-order chi connectivity index (χ0) is 12.9. The molecule has 0 aliphatic heterocycles. The molecule has 0 aromatic heterocycles. The van der Waals surface area contributed by atoms with E-state index in [0.29, 0.717) is 11.4 Å². The van der Waals surface area contributed by atoms with Crippen molar-refractivity contribution in [3.63, 3.8) is 0 Å². The van der Waals surface area contributed by atoms with E-state index in [0.717, 1.165) is 5.56 Å². The van der Waals surface area contributed by atoms with Gasteiger partial charge in [-0.05, 0) is 24.1 Å². The summed E-state index contributed by atoms with van der Waals surface area (Å²) < 4.78 is 39.9. The van der Waals surface area contributed by atoms with Gasteiger partial charge >= 0.3 is 6.18 Å². The van der Waals surface area contributed by atoms with E-state index in [1.807, 2.05) is 12.1 Å². The van der Waals surface area contributed by atoms with E-state index in [9.17, 15) is 13.2 Å². The summed E-state index contributed by atoms with van der Waals surface area (Å²) in [6.07, 6.45) is -3.79. The molecule has 0 saturated heterocycles. The van der Waals surface area contributed by atoms with Crippen LogP contribution in [0.5, 0.6) is 0 Å². The smallest absolute Gasteiger partial charge is 0.372 e. The van der Waals surface area contributed by atoms with Crippen molar-refractivity contribution in [1.82, 2.24) is 0 Å². The Morgan fingerprint density at radius 2 is 1.82 bits per heavy atom. The summed E-state index contributed by atoms with van der Waals surface area (Å²) in [7, 11) is 0. The zero-order valence-electron chi connectivity index (χ0n) is 8.81. The molecule has 0 aliphatic rings. The molecule has 1 rings (SSSR count). The molecule has 1 nitrogen and oxygen atoms in total. The van der Waals surface area contributed by atoms with Gasteiger partial charge in [0.25, 0.3) is 0 Å². The fourth-order valence-electron chi connectivity index (χ4n) is 1.21. The average molecular weight is 332 g/mol. The van der Waals surface area contributed by atoms with Crippen LogP contribution >= 0.6 is 27.5 Å². The standard InChI is InChI=1S/C11H11BrClF3O/c12-10(5-6-17-7-11(14,15)16)8-1-3-9(13)4-2-8/h1-4,10H,5-7H2. The quantitative estimate of drug-likeness (QED) is 0.559. The van der Waals surface area contributed by atoms with E-state index < -0.39 is 12.8 Å². The van der Waals surface area contributed by atoms with Crippen molar-refractivity contribution in [1.29, 1.82) is 0 Å². The summed E-state index contributed by atoms with van der Waals surface area (Å²) in [6, 6.07) is 7.13. The van der Waals surface area contributed by atoms with Crippen LogP contribution in [0, 0.1) is 0 Å². The number of alkyl halides is 4. The lowest BCUT2D eigenvalue weighted by Gasteiger charge is -2.11. The Bertz CT molecular complexity index is 340. The Hall–Kier alpha value is -0.260. The maximum Gasteiger partial charge on any atom is 0.411 e. The first-order valence-corrected chi connectivity index (χ1v) is 6.22. The molecule has 6 heteroatoms. The van der Waals surface area contributed by atoms with Gasteiger partial charge in [0.15, 0.2) is 0 Å². The molecule has 0 bridgehead atoms. The van der Waals surface area contributed by atoms with Gasteiger partial charge in [0, 0.05) is 16.5 Å². The maximum absolute atomic E-state index is 11.8. The zero-order valence-corrected chi connectivity index (χ0v) is 11.1. The summed E-state index contributed by atoms with van der Waals surface area (Å²) >= 11 is 9.12. The van der Waals surface area contributed by atoms with Gasteiger partial charge in [-0.3, -0.25) is 0 Å². The normalized spacial score (nSPS) is 13.7. The number of rotatable bonds is 5. The van der Waals surface area contributed by atoms with E-state index in [1.165, 1.54) is 0 Å². The van der Waals surface area contributed by atoms with Gasteiger partial charge < -0.3 is 4.74 Å². The van der Waals surface area contributed by atoms with Crippen molar-refractivity contribution in [2.75, 3.05) is 13.2 Å². The van der Waals surface area contributed by atoms with Crippen molar-refractivity contribution in [3.8, 4) is 0 Å². The molecule has 17 heavy (non-hydrogen) atoms. The predicted molar refractivity (Wildman–Crippen MR) is 64.6 cm³/mol. The molecule has 1 aromatic carbocycles. The number of hydrogen-bond acceptors (Lipinski definition) is 1. The summed E-state index contributed by atoms with van der Waals surface area (Å²) in [6.45, 7) is -1.15. The van der Waals surface area contributed by atoms with Crippen LogP contribution in [0.25, 0.3) is 0 Å². The predicted octanol–water partition coefficient (Wildman–Crippen LogP) is 4.75. The van der Waals surface area contributed by atoms with Gasteiger partial charge in [0.05, 0.1) is 0 Å². The Labute approximate surface area is 111 Å². The summed E-state index contributed by atoms with van der Waals surface area (Å²) in [5, 5.41) is 0.627. The van der Waals surface area contributed by atoms with Crippen LogP contribution in [0.4, 0.5) is 13.2 Å². The van der Waals surface area contributed by atoms with Crippen LogP contribution in [0.1, 0.15) is 16.8 Å². The Morgan fingerprint density at radius 1 is 1.24 bits per heavy atom. The lowest BCUT2D eigenvalue weighted by Crippen LogP contribution is -2.17. The second kappa shape index (κ2) is 6.61.